The number of carbonyl (C=O) groups is 2. The van der Waals surface area contributed by atoms with Gasteiger partial charge in [0.05, 0.1) is 25.4 Å². The summed E-state index contributed by atoms with van der Waals surface area (Å²) in [5.74, 6) is -1.28. The molecule has 0 bridgehead atoms. The summed E-state index contributed by atoms with van der Waals surface area (Å²) < 4.78 is 65.9. The summed E-state index contributed by atoms with van der Waals surface area (Å²) in [6.45, 7) is 12.4. The summed E-state index contributed by atoms with van der Waals surface area (Å²) in [6, 6.07) is 8.49. The SMILES string of the molecule is CC(C)C(=O)Nc1nc2c(ncn2[C@@H]2O[C@H](CNS(=O)(=O)O[C@H]3C[C@H](n4cnc5c(NC(=O)c6ccccc6)ncnc54)O[C@@H]3CO)C[C@H]2O[PH](=O)O)c(=O)[nH]1.CCN(CC)CC. The molecule has 342 valence electrons. The number of H-pyrrole nitrogens is 1. The van der Waals surface area contributed by atoms with Crippen LogP contribution in [0.3, 0.4) is 0 Å². The zero-order valence-corrected chi connectivity index (χ0v) is 36.9. The Hall–Kier alpha value is -5.08. The first-order valence-corrected chi connectivity index (χ1v) is 22.8. The second-order valence-electron chi connectivity index (χ2n) is 14.7. The highest BCUT2D eigenvalue weighted by Crippen LogP contribution is 2.38. The Morgan fingerprint density at radius 1 is 0.968 bits per heavy atom. The van der Waals surface area contributed by atoms with Crippen LogP contribution in [0.25, 0.3) is 22.3 Å². The number of aliphatic hydroxyl groups is 1. The number of fused-ring (bicyclic) bond motifs is 2. The zero-order valence-electron chi connectivity index (χ0n) is 35.1. The van der Waals surface area contributed by atoms with E-state index < -0.39 is 85.3 Å². The molecule has 24 nitrogen and oxygen atoms in total. The topological polar surface area (TPSA) is 309 Å². The molecule has 2 aliphatic rings. The minimum Gasteiger partial charge on any atom is -0.394 e. The number of nitrogens with zero attached hydrogens (tertiary/aromatic N) is 8. The fraction of sp³-hybridized carbons (Fsp3) is 0.514. The maximum Gasteiger partial charge on any atom is 0.336 e. The Labute approximate surface area is 362 Å². The van der Waals surface area contributed by atoms with Gasteiger partial charge < -0.3 is 34.2 Å². The molecule has 1 unspecified atom stereocenters. The zero-order chi connectivity index (χ0) is 45.4. The number of ether oxygens (including phenoxy) is 2. The van der Waals surface area contributed by atoms with Crippen LogP contribution in [-0.4, -0.2) is 131 Å². The molecule has 63 heavy (non-hydrogen) atoms. The monoisotopic (exact) mass is 918 g/mol. The molecule has 1 aromatic carbocycles. The molecule has 7 rings (SSSR count). The lowest BCUT2D eigenvalue weighted by Gasteiger charge is -2.20. The highest BCUT2D eigenvalue weighted by molar-refractivity contribution is 7.84. The number of carbonyl (C=O) groups excluding carboxylic acids is 2. The normalized spacial score (nSPS) is 21.8. The Morgan fingerprint density at radius 2 is 1.67 bits per heavy atom. The minimum atomic E-state index is -4.53. The number of anilines is 2. The number of aliphatic hydroxyl groups excluding tert-OH is 1. The fourth-order valence-corrected chi connectivity index (χ4v) is 8.34. The van der Waals surface area contributed by atoms with Gasteiger partial charge in [-0.15, -0.1) is 0 Å². The second kappa shape index (κ2) is 21.1. The highest BCUT2D eigenvalue weighted by atomic mass is 32.2. The Balaban J connectivity index is 0.000000871. The van der Waals surface area contributed by atoms with Gasteiger partial charge in [0, 0.05) is 30.9 Å². The third-order valence-electron chi connectivity index (χ3n) is 10.2. The third-order valence-corrected chi connectivity index (χ3v) is 11.8. The number of rotatable bonds is 17. The van der Waals surface area contributed by atoms with E-state index in [1.165, 1.54) is 47.8 Å². The van der Waals surface area contributed by atoms with Crippen LogP contribution in [0.4, 0.5) is 11.8 Å². The smallest absolute Gasteiger partial charge is 0.336 e. The number of imidazole rings is 2. The van der Waals surface area contributed by atoms with Crippen molar-refractivity contribution in [2.45, 2.75) is 84.3 Å². The first-order chi connectivity index (χ1) is 30.1. The van der Waals surface area contributed by atoms with Crippen molar-refractivity contribution >= 4 is 64.5 Å². The number of hydrogen-bond acceptors (Lipinski definition) is 17. The van der Waals surface area contributed by atoms with Gasteiger partial charge >= 0.3 is 18.6 Å². The van der Waals surface area contributed by atoms with E-state index in [4.69, 9.17) is 18.2 Å². The van der Waals surface area contributed by atoms with Gasteiger partial charge in [-0.05, 0) is 31.8 Å². The molecule has 7 atom stereocenters. The Morgan fingerprint density at radius 3 is 2.32 bits per heavy atom. The number of amides is 2. The lowest BCUT2D eigenvalue weighted by Crippen LogP contribution is -2.38. The maximum absolute atomic E-state index is 13.2. The van der Waals surface area contributed by atoms with Crippen molar-refractivity contribution in [1.29, 1.82) is 0 Å². The molecule has 26 heteroatoms. The van der Waals surface area contributed by atoms with E-state index in [0.717, 1.165) is 0 Å². The standard InChI is InChI=1S/C31H36N11O12PS.C6H15N/c1-15(2)27(44)39-31-38-26-23(29(46)40-31)35-14-42(26)30-19(53-55(47)48)8-17(51-30)10-36-56(49,50)54-18-9-21(52-20(18)11-43)41-13-34-22-24(32-12-33-25(22)41)37-28(45)16-6-4-3-5-7-16;1-4-7(5-2)6-3/h3-7,12-15,17-21,30,36,43,55H,8-11H2,1-2H3,(H,47,48)(H,32,33,37,45)(H2,38,39,40,44,46);4-6H2,1-3H3/t17-,18-,19+,20+,21+,30+;/m0./s1. The van der Waals surface area contributed by atoms with Crippen LogP contribution in [0.15, 0.2) is 54.1 Å². The van der Waals surface area contributed by atoms with Crippen LogP contribution in [0.1, 0.15) is 70.3 Å². The molecule has 4 aromatic heterocycles. The average molecular weight is 919 g/mol. The van der Waals surface area contributed by atoms with Crippen LogP contribution in [0.5, 0.6) is 0 Å². The van der Waals surface area contributed by atoms with Crippen LogP contribution >= 0.6 is 8.25 Å². The van der Waals surface area contributed by atoms with Gasteiger partial charge in [-0.1, -0.05) is 52.8 Å². The van der Waals surface area contributed by atoms with Gasteiger partial charge in [0.15, 0.2) is 34.4 Å². The lowest BCUT2D eigenvalue weighted by molar-refractivity contribution is -0.118. The summed E-state index contributed by atoms with van der Waals surface area (Å²) in [4.78, 5) is 73.2. The third kappa shape index (κ3) is 11.5. The van der Waals surface area contributed by atoms with E-state index in [9.17, 15) is 37.4 Å². The molecule has 0 spiro atoms. The van der Waals surface area contributed by atoms with Crippen LogP contribution < -0.4 is 20.9 Å². The molecule has 2 fully saturated rings. The first-order valence-electron chi connectivity index (χ1n) is 20.2. The van der Waals surface area contributed by atoms with Crippen LogP contribution in [0.2, 0.25) is 0 Å². The molecule has 2 amide bonds. The van der Waals surface area contributed by atoms with Crippen LogP contribution in [0, 0.1) is 5.92 Å². The fourth-order valence-electron chi connectivity index (χ4n) is 6.88. The van der Waals surface area contributed by atoms with Gasteiger partial charge in [-0.3, -0.25) is 42.6 Å². The summed E-state index contributed by atoms with van der Waals surface area (Å²) in [7, 11) is -8.06. The number of nitrogens with one attached hydrogen (secondary N) is 4. The summed E-state index contributed by atoms with van der Waals surface area (Å²) in [5.41, 5.74) is 0.0810. The number of benzene rings is 1. The summed E-state index contributed by atoms with van der Waals surface area (Å²) in [5, 5.41) is 15.3. The predicted molar refractivity (Wildman–Crippen MR) is 227 cm³/mol. The molecule has 5 aromatic rings. The van der Waals surface area contributed by atoms with E-state index in [1.54, 1.807) is 44.2 Å². The van der Waals surface area contributed by atoms with Crippen molar-refractivity contribution < 1.29 is 50.8 Å². The van der Waals surface area contributed by atoms with E-state index in [1.807, 2.05) is 0 Å². The molecule has 0 radical (unpaired) electrons. The molecular weight excluding hydrogens is 868 g/mol. The van der Waals surface area contributed by atoms with Gasteiger partial charge in [0.2, 0.25) is 11.9 Å². The lowest BCUT2D eigenvalue weighted by atomic mass is 10.2. The predicted octanol–water partition coefficient (Wildman–Crippen LogP) is 1.71. The number of aromatic amines is 1. The van der Waals surface area contributed by atoms with Gasteiger partial charge in [-0.25, -0.2) is 19.9 Å². The van der Waals surface area contributed by atoms with Crippen molar-refractivity contribution in [2.24, 2.45) is 5.92 Å². The van der Waals surface area contributed by atoms with Gasteiger partial charge in [0.1, 0.15) is 30.9 Å². The largest absolute Gasteiger partial charge is 0.394 e. The number of hydrogen-bond donors (Lipinski definition) is 6. The van der Waals surface area contributed by atoms with Crippen molar-refractivity contribution in [3.63, 3.8) is 0 Å². The molecule has 6 N–H and O–H groups in total. The quantitative estimate of drug-likeness (QED) is 0.0723. The number of aromatic nitrogens is 8. The molecule has 2 saturated heterocycles. The van der Waals surface area contributed by atoms with E-state index >= 15 is 0 Å². The average Bonchev–Trinajstić information content (AvgIpc) is 4.06. The van der Waals surface area contributed by atoms with Crippen LogP contribution in [-0.2, 0) is 37.8 Å². The molecule has 0 saturated carbocycles. The summed E-state index contributed by atoms with van der Waals surface area (Å²) in [6.07, 6.45) is -2.71. The second-order valence-corrected chi connectivity index (χ2v) is 16.8. The summed E-state index contributed by atoms with van der Waals surface area (Å²) >= 11 is 0. The van der Waals surface area contributed by atoms with E-state index in [-0.39, 0.29) is 53.5 Å². The molecular formula is C37H51N12O12PS. The van der Waals surface area contributed by atoms with Crippen molar-refractivity contribution in [3.8, 4) is 0 Å². The van der Waals surface area contributed by atoms with E-state index in [0.29, 0.717) is 5.56 Å². The van der Waals surface area contributed by atoms with E-state index in [2.05, 4.69) is 70.9 Å². The Bertz CT molecular complexity index is 2550. The maximum atomic E-state index is 13.2. The highest BCUT2D eigenvalue weighted by Gasteiger charge is 2.42. The minimum absolute atomic E-state index is 0.0373. The molecule has 2 aliphatic heterocycles. The Kier molecular flexibility index (Phi) is 15.8. The van der Waals surface area contributed by atoms with Gasteiger partial charge in [-0.2, -0.15) is 18.1 Å². The van der Waals surface area contributed by atoms with Gasteiger partial charge in [0.25, 0.3) is 11.5 Å². The molecule has 0 aliphatic carbocycles. The first kappa shape index (κ1) is 47.4. The molecule has 6 heterocycles. The van der Waals surface area contributed by atoms with Crippen molar-refractivity contribution in [3.05, 3.63) is 65.2 Å². The van der Waals surface area contributed by atoms with Crippen molar-refractivity contribution in [1.82, 2.24) is 48.7 Å². The van der Waals surface area contributed by atoms with Crippen molar-refractivity contribution in [2.75, 3.05) is 43.4 Å².